The molecule has 0 aromatic rings. The summed E-state index contributed by atoms with van der Waals surface area (Å²) in [6, 6.07) is -0.158. The lowest BCUT2D eigenvalue weighted by atomic mass is 10.1. The molecule has 0 aromatic carbocycles. The fourth-order valence-electron chi connectivity index (χ4n) is 1.96. The van der Waals surface area contributed by atoms with Crippen molar-refractivity contribution in [1.82, 2.24) is 10.2 Å². The minimum atomic E-state index is -3.26. The van der Waals surface area contributed by atoms with E-state index < -0.39 is 32.7 Å². The van der Waals surface area contributed by atoms with E-state index in [0.717, 1.165) is 6.26 Å². The summed E-state index contributed by atoms with van der Waals surface area (Å²) in [4.78, 5) is 25.3. The topological polar surface area (TPSA) is 92.8 Å². The molecule has 2 amide bonds. The molecule has 0 unspecified atom stereocenters. The summed E-state index contributed by atoms with van der Waals surface area (Å²) in [5.41, 5.74) is -0.551. The van der Waals surface area contributed by atoms with E-state index in [1.54, 1.807) is 27.7 Å². The molecule has 0 saturated carbocycles. The summed E-state index contributed by atoms with van der Waals surface area (Å²) in [5.74, 6) is -0.947. The highest BCUT2D eigenvalue weighted by Crippen LogP contribution is 2.17. The van der Waals surface area contributed by atoms with Crippen LogP contribution in [-0.4, -0.2) is 61.6 Å². The van der Waals surface area contributed by atoms with Gasteiger partial charge < -0.3 is 15.0 Å². The van der Waals surface area contributed by atoms with Gasteiger partial charge in [-0.3, -0.25) is 4.79 Å². The number of carbonyl (C=O) groups excluding carboxylic acids is 2. The van der Waals surface area contributed by atoms with Gasteiger partial charge in [-0.05, 0) is 27.7 Å². The Labute approximate surface area is 132 Å². The minimum Gasteiger partial charge on any atom is -0.444 e. The van der Waals surface area contributed by atoms with Crippen LogP contribution in [0.4, 0.5) is 4.79 Å². The zero-order valence-electron chi connectivity index (χ0n) is 14.0. The molecular formula is C14H26N2O5S. The number of hydrogen-bond donors (Lipinski definition) is 1. The first kappa shape index (κ1) is 18.7. The molecule has 0 spiro atoms. The largest absolute Gasteiger partial charge is 0.444 e. The summed E-state index contributed by atoms with van der Waals surface area (Å²) in [6.45, 7) is 9.23. The smallest absolute Gasteiger partial charge is 0.410 e. The maximum Gasteiger partial charge on any atom is 0.410 e. The number of hydrogen-bond acceptors (Lipinski definition) is 5. The van der Waals surface area contributed by atoms with Gasteiger partial charge in [0, 0.05) is 19.3 Å². The highest BCUT2D eigenvalue weighted by Gasteiger charge is 2.36. The molecule has 1 heterocycles. The van der Waals surface area contributed by atoms with E-state index in [2.05, 4.69) is 5.32 Å². The van der Waals surface area contributed by atoms with Crippen LogP contribution in [0.5, 0.6) is 0 Å². The Morgan fingerprint density at radius 1 is 1.23 bits per heavy atom. The zero-order valence-corrected chi connectivity index (χ0v) is 14.9. The molecule has 1 rings (SSSR count). The van der Waals surface area contributed by atoms with E-state index in [1.807, 2.05) is 0 Å². The molecule has 0 bridgehead atoms. The Kier molecular flexibility index (Phi) is 5.48. The maximum absolute atomic E-state index is 12.0. The van der Waals surface area contributed by atoms with Crippen molar-refractivity contribution in [3.05, 3.63) is 0 Å². The minimum absolute atomic E-state index is 0.158. The fraction of sp³-hybridized carbons (Fsp3) is 0.857. The van der Waals surface area contributed by atoms with Gasteiger partial charge in [0.15, 0.2) is 9.84 Å². The Hall–Kier alpha value is -1.31. The molecule has 1 aliphatic rings. The van der Waals surface area contributed by atoms with Crippen molar-refractivity contribution in [3.8, 4) is 0 Å². The number of ether oxygens (including phenoxy) is 1. The van der Waals surface area contributed by atoms with Crippen LogP contribution in [0.2, 0.25) is 0 Å². The first-order chi connectivity index (χ1) is 9.81. The Morgan fingerprint density at radius 2 is 1.73 bits per heavy atom. The third-order valence-electron chi connectivity index (χ3n) is 3.67. The lowest BCUT2D eigenvalue weighted by Gasteiger charge is -2.40. The van der Waals surface area contributed by atoms with E-state index >= 15 is 0 Å². The number of sulfone groups is 1. The van der Waals surface area contributed by atoms with Crippen LogP contribution >= 0.6 is 0 Å². The molecule has 1 fully saturated rings. The first-order valence-corrected chi connectivity index (χ1v) is 9.24. The van der Waals surface area contributed by atoms with E-state index in [9.17, 15) is 18.0 Å². The predicted molar refractivity (Wildman–Crippen MR) is 83.2 cm³/mol. The van der Waals surface area contributed by atoms with Crippen LogP contribution in [0, 0.1) is 5.92 Å². The van der Waals surface area contributed by atoms with Crippen molar-refractivity contribution >= 4 is 21.8 Å². The average Bonchev–Trinajstić information content (AvgIpc) is 2.27. The van der Waals surface area contributed by atoms with Gasteiger partial charge >= 0.3 is 6.09 Å². The van der Waals surface area contributed by atoms with Crippen LogP contribution in [0.15, 0.2) is 0 Å². The normalized spacial score (nSPS) is 19.1. The fourth-order valence-corrected chi connectivity index (χ4v) is 2.83. The van der Waals surface area contributed by atoms with E-state index in [0.29, 0.717) is 13.1 Å². The second-order valence-corrected chi connectivity index (χ2v) is 9.32. The third-order valence-corrected chi connectivity index (χ3v) is 5.43. The zero-order chi connectivity index (χ0) is 17.3. The molecule has 128 valence electrons. The van der Waals surface area contributed by atoms with Crippen LogP contribution in [0.25, 0.3) is 0 Å². The summed E-state index contributed by atoms with van der Waals surface area (Å²) < 4.78 is 28.2. The van der Waals surface area contributed by atoms with Crippen molar-refractivity contribution in [2.75, 3.05) is 19.3 Å². The van der Waals surface area contributed by atoms with Gasteiger partial charge in [-0.15, -0.1) is 0 Å². The second-order valence-electron chi connectivity index (χ2n) is 6.91. The molecule has 0 aromatic heterocycles. The maximum atomic E-state index is 12.0. The van der Waals surface area contributed by atoms with Gasteiger partial charge in [0.25, 0.3) is 0 Å². The highest BCUT2D eigenvalue weighted by atomic mass is 32.2. The second kappa shape index (κ2) is 6.44. The monoisotopic (exact) mass is 334 g/mol. The number of likely N-dealkylation sites (tertiary alicyclic amines) is 1. The molecular weight excluding hydrogens is 308 g/mol. The van der Waals surface area contributed by atoms with Crippen LogP contribution < -0.4 is 5.32 Å². The number of carbonyl (C=O) groups is 2. The number of nitrogens with zero attached hydrogens (tertiary/aromatic N) is 1. The molecule has 0 radical (unpaired) electrons. The standard InChI is InChI=1S/C14H26N2O5S/c1-9(10(2)22(6,19)20)12(17)15-11-7-16(8-11)13(18)21-14(3,4)5/h9-11H,7-8H2,1-6H3,(H,15,17)/t9-,10+/m0/s1. The number of nitrogens with one attached hydrogen (secondary N) is 1. The van der Waals surface area contributed by atoms with Crippen LogP contribution in [0.3, 0.4) is 0 Å². The van der Waals surface area contributed by atoms with Crippen molar-refractivity contribution in [1.29, 1.82) is 0 Å². The summed E-state index contributed by atoms with van der Waals surface area (Å²) in [6.07, 6.45) is 0.713. The predicted octanol–water partition coefficient (Wildman–Crippen LogP) is 0.791. The van der Waals surface area contributed by atoms with Crippen LogP contribution in [-0.2, 0) is 19.4 Å². The molecule has 0 aliphatic carbocycles. The summed E-state index contributed by atoms with van der Waals surface area (Å²) in [5, 5.41) is 2.02. The van der Waals surface area contributed by atoms with E-state index in [-0.39, 0.29) is 11.9 Å². The highest BCUT2D eigenvalue weighted by molar-refractivity contribution is 7.91. The van der Waals surface area contributed by atoms with Gasteiger partial charge in [0.05, 0.1) is 17.2 Å². The Morgan fingerprint density at radius 3 is 2.14 bits per heavy atom. The van der Waals surface area contributed by atoms with Crippen molar-refractivity contribution in [2.45, 2.75) is 51.5 Å². The van der Waals surface area contributed by atoms with Gasteiger partial charge in [-0.25, -0.2) is 13.2 Å². The van der Waals surface area contributed by atoms with Gasteiger partial charge in [-0.1, -0.05) is 6.92 Å². The van der Waals surface area contributed by atoms with Crippen molar-refractivity contribution in [3.63, 3.8) is 0 Å². The van der Waals surface area contributed by atoms with E-state index in [4.69, 9.17) is 4.74 Å². The lowest BCUT2D eigenvalue weighted by Crippen LogP contribution is -2.62. The third kappa shape index (κ3) is 5.15. The number of rotatable bonds is 4. The Bertz CT molecular complexity index is 532. The number of amides is 2. The molecule has 1 aliphatic heterocycles. The molecule has 1 N–H and O–H groups in total. The van der Waals surface area contributed by atoms with Crippen molar-refractivity contribution < 1.29 is 22.7 Å². The molecule has 7 nitrogen and oxygen atoms in total. The van der Waals surface area contributed by atoms with Crippen molar-refractivity contribution in [2.24, 2.45) is 5.92 Å². The Balaban J connectivity index is 2.43. The van der Waals surface area contributed by atoms with Crippen LogP contribution in [0.1, 0.15) is 34.6 Å². The molecule has 2 atom stereocenters. The lowest BCUT2D eigenvalue weighted by molar-refractivity contribution is -0.126. The molecule has 1 saturated heterocycles. The molecule has 22 heavy (non-hydrogen) atoms. The van der Waals surface area contributed by atoms with Gasteiger partial charge in [0.1, 0.15) is 5.60 Å². The van der Waals surface area contributed by atoms with Gasteiger partial charge in [-0.2, -0.15) is 0 Å². The first-order valence-electron chi connectivity index (χ1n) is 7.28. The molecule has 8 heteroatoms. The van der Waals surface area contributed by atoms with Gasteiger partial charge in [0.2, 0.25) is 5.91 Å². The summed E-state index contributed by atoms with van der Waals surface area (Å²) >= 11 is 0. The SMILES string of the molecule is C[C@H](C(=O)NC1CN(C(=O)OC(C)(C)C)C1)[C@@H](C)S(C)(=O)=O. The average molecular weight is 334 g/mol. The summed E-state index contributed by atoms with van der Waals surface area (Å²) in [7, 11) is -3.26. The quantitative estimate of drug-likeness (QED) is 0.820. The van der Waals surface area contributed by atoms with E-state index in [1.165, 1.54) is 11.8 Å².